The maximum absolute atomic E-state index is 11.4. The van der Waals surface area contributed by atoms with Crippen molar-refractivity contribution in [3.05, 3.63) is 0 Å². The molecule has 92 valence electrons. The quantitative estimate of drug-likeness (QED) is 0.747. The van der Waals surface area contributed by atoms with Crippen molar-refractivity contribution in [2.24, 2.45) is 5.41 Å². The van der Waals surface area contributed by atoms with Crippen molar-refractivity contribution in [1.82, 2.24) is 5.32 Å². The summed E-state index contributed by atoms with van der Waals surface area (Å²) >= 11 is 0. The monoisotopic (exact) mass is 229 g/mol. The van der Waals surface area contributed by atoms with E-state index in [9.17, 15) is 14.7 Å². The number of carbonyl (C=O) groups excluding carboxylic acids is 1. The lowest BCUT2D eigenvalue weighted by atomic mass is 9.71. The van der Waals surface area contributed by atoms with Gasteiger partial charge in [-0.25, -0.2) is 0 Å². The number of methoxy groups -OCH3 is 1. The van der Waals surface area contributed by atoms with Crippen LogP contribution in [0.15, 0.2) is 0 Å². The molecule has 16 heavy (non-hydrogen) atoms. The summed E-state index contributed by atoms with van der Waals surface area (Å²) in [4.78, 5) is 22.6. The minimum atomic E-state index is -0.846. The first-order valence-electron chi connectivity index (χ1n) is 5.52. The van der Waals surface area contributed by atoms with E-state index in [-0.39, 0.29) is 18.6 Å². The van der Waals surface area contributed by atoms with E-state index in [4.69, 9.17) is 4.74 Å². The Morgan fingerprint density at radius 2 is 2.19 bits per heavy atom. The third-order valence-corrected chi connectivity index (χ3v) is 3.31. The SMILES string of the molecule is COCC(=O)NC1CCCCC1(C)C(=O)O. The number of ether oxygens (including phenoxy) is 1. The zero-order chi connectivity index (χ0) is 12.2. The van der Waals surface area contributed by atoms with Crippen LogP contribution in [0.4, 0.5) is 0 Å². The Bertz CT molecular complexity index is 279. The van der Waals surface area contributed by atoms with Crippen molar-refractivity contribution in [1.29, 1.82) is 0 Å². The van der Waals surface area contributed by atoms with Crippen molar-refractivity contribution in [2.45, 2.75) is 38.6 Å². The fourth-order valence-corrected chi connectivity index (χ4v) is 2.19. The summed E-state index contributed by atoms with van der Waals surface area (Å²) in [6.45, 7) is 1.68. The summed E-state index contributed by atoms with van der Waals surface area (Å²) in [5.41, 5.74) is -0.846. The largest absolute Gasteiger partial charge is 0.481 e. The summed E-state index contributed by atoms with van der Waals surface area (Å²) in [7, 11) is 1.44. The predicted octanol–water partition coefficient (Wildman–Crippen LogP) is 0.782. The Hall–Kier alpha value is -1.10. The molecule has 1 aliphatic rings. The van der Waals surface area contributed by atoms with Crippen LogP contribution in [0.2, 0.25) is 0 Å². The van der Waals surface area contributed by atoms with Crippen LogP contribution in [0, 0.1) is 5.41 Å². The van der Waals surface area contributed by atoms with E-state index in [0.717, 1.165) is 19.3 Å². The maximum atomic E-state index is 11.4. The molecular weight excluding hydrogens is 210 g/mol. The van der Waals surface area contributed by atoms with Gasteiger partial charge in [-0.3, -0.25) is 9.59 Å². The van der Waals surface area contributed by atoms with Gasteiger partial charge in [0.05, 0.1) is 5.41 Å². The molecule has 1 aliphatic carbocycles. The summed E-state index contributed by atoms with van der Waals surface area (Å²) in [5, 5.41) is 12.0. The lowest BCUT2D eigenvalue weighted by molar-refractivity contribution is -0.152. The second-order valence-electron chi connectivity index (χ2n) is 4.52. The number of rotatable bonds is 4. The van der Waals surface area contributed by atoms with Gasteiger partial charge in [-0.1, -0.05) is 12.8 Å². The maximum Gasteiger partial charge on any atom is 0.311 e. The molecule has 0 aliphatic heterocycles. The summed E-state index contributed by atoms with van der Waals surface area (Å²) in [6.07, 6.45) is 3.19. The molecule has 5 heteroatoms. The lowest BCUT2D eigenvalue weighted by Crippen LogP contribution is -2.52. The summed E-state index contributed by atoms with van der Waals surface area (Å²) in [5.74, 6) is -1.09. The standard InChI is InChI=1S/C11H19NO4/c1-11(10(14)15)6-4-3-5-8(11)12-9(13)7-16-2/h8H,3-7H2,1-2H3,(H,12,13)(H,14,15). The molecule has 1 rings (SSSR count). The molecule has 0 spiro atoms. The van der Waals surface area contributed by atoms with Gasteiger partial charge in [0, 0.05) is 13.2 Å². The molecule has 1 saturated carbocycles. The molecule has 0 aromatic rings. The van der Waals surface area contributed by atoms with E-state index in [1.165, 1.54) is 7.11 Å². The minimum Gasteiger partial charge on any atom is -0.481 e. The Labute approximate surface area is 95.2 Å². The fraction of sp³-hybridized carbons (Fsp3) is 0.818. The van der Waals surface area contributed by atoms with E-state index >= 15 is 0 Å². The zero-order valence-corrected chi connectivity index (χ0v) is 9.78. The number of carboxylic acids is 1. The highest BCUT2D eigenvalue weighted by Crippen LogP contribution is 2.36. The van der Waals surface area contributed by atoms with Crippen LogP contribution < -0.4 is 5.32 Å². The number of hydrogen-bond donors (Lipinski definition) is 2. The molecule has 5 nitrogen and oxygen atoms in total. The van der Waals surface area contributed by atoms with E-state index < -0.39 is 11.4 Å². The van der Waals surface area contributed by atoms with Crippen LogP contribution in [0.1, 0.15) is 32.6 Å². The number of aliphatic carboxylic acids is 1. The normalized spacial score (nSPS) is 29.8. The highest BCUT2D eigenvalue weighted by atomic mass is 16.5. The second kappa shape index (κ2) is 5.30. The molecule has 0 aromatic carbocycles. The molecule has 0 radical (unpaired) electrons. The average Bonchev–Trinajstić information content (AvgIpc) is 2.21. The Kier molecular flexibility index (Phi) is 4.29. The highest BCUT2D eigenvalue weighted by Gasteiger charge is 2.43. The zero-order valence-electron chi connectivity index (χ0n) is 9.78. The topological polar surface area (TPSA) is 75.6 Å². The summed E-state index contributed by atoms with van der Waals surface area (Å²) in [6, 6.07) is -0.290. The second-order valence-corrected chi connectivity index (χ2v) is 4.52. The van der Waals surface area contributed by atoms with Crippen molar-refractivity contribution < 1.29 is 19.4 Å². The van der Waals surface area contributed by atoms with E-state index in [0.29, 0.717) is 6.42 Å². The predicted molar refractivity (Wildman–Crippen MR) is 58.0 cm³/mol. The van der Waals surface area contributed by atoms with Gasteiger partial charge in [0.1, 0.15) is 6.61 Å². The molecule has 0 aromatic heterocycles. The molecule has 0 bridgehead atoms. The van der Waals surface area contributed by atoms with Crippen molar-refractivity contribution >= 4 is 11.9 Å². The molecule has 1 fully saturated rings. The van der Waals surface area contributed by atoms with Crippen molar-refractivity contribution in [3.63, 3.8) is 0 Å². The minimum absolute atomic E-state index is 0.0216. The van der Waals surface area contributed by atoms with E-state index in [1.807, 2.05) is 0 Å². The molecule has 2 atom stereocenters. The average molecular weight is 229 g/mol. The van der Waals surface area contributed by atoms with Gasteiger partial charge in [-0.15, -0.1) is 0 Å². The smallest absolute Gasteiger partial charge is 0.311 e. The van der Waals surface area contributed by atoms with Crippen LogP contribution >= 0.6 is 0 Å². The number of carboxylic acid groups (broad SMARTS) is 1. The molecule has 0 heterocycles. The van der Waals surface area contributed by atoms with Crippen molar-refractivity contribution in [2.75, 3.05) is 13.7 Å². The Morgan fingerprint density at radius 1 is 1.50 bits per heavy atom. The Morgan fingerprint density at radius 3 is 2.75 bits per heavy atom. The van der Waals surface area contributed by atoms with Crippen LogP contribution in [0.5, 0.6) is 0 Å². The summed E-state index contributed by atoms with van der Waals surface area (Å²) < 4.78 is 4.71. The Balaban J connectivity index is 2.67. The first-order valence-corrected chi connectivity index (χ1v) is 5.52. The van der Waals surface area contributed by atoms with E-state index in [1.54, 1.807) is 6.92 Å². The number of nitrogens with one attached hydrogen (secondary N) is 1. The first-order chi connectivity index (χ1) is 7.50. The molecule has 0 saturated heterocycles. The van der Waals surface area contributed by atoms with Crippen molar-refractivity contribution in [3.8, 4) is 0 Å². The molecular formula is C11H19NO4. The number of hydrogen-bond acceptors (Lipinski definition) is 3. The first kappa shape index (κ1) is 13.0. The van der Waals surface area contributed by atoms with Gasteiger partial charge in [0.2, 0.25) is 5.91 Å². The van der Waals surface area contributed by atoms with Crippen LogP contribution in [0.25, 0.3) is 0 Å². The van der Waals surface area contributed by atoms with Gasteiger partial charge >= 0.3 is 5.97 Å². The lowest BCUT2D eigenvalue weighted by Gasteiger charge is -2.38. The molecule has 1 amide bonds. The molecule has 2 unspecified atom stereocenters. The fourth-order valence-electron chi connectivity index (χ4n) is 2.19. The number of carbonyl (C=O) groups is 2. The van der Waals surface area contributed by atoms with Crippen LogP contribution in [0.3, 0.4) is 0 Å². The van der Waals surface area contributed by atoms with Gasteiger partial charge < -0.3 is 15.2 Å². The molecule has 2 N–H and O–H groups in total. The number of amides is 1. The van der Waals surface area contributed by atoms with E-state index in [2.05, 4.69) is 5.32 Å². The third-order valence-electron chi connectivity index (χ3n) is 3.31. The van der Waals surface area contributed by atoms with Crippen LogP contribution in [-0.4, -0.2) is 36.7 Å². The van der Waals surface area contributed by atoms with Gasteiger partial charge in [0.25, 0.3) is 0 Å². The van der Waals surface area contributed by atoms with Gasteiger partial charge in [-0.2, -0.15) is 0 Å². The van der Waals surface area contributed by atoms with Crippen LogP contribution in [-0.2, 0) is 14.3 Å². The van der Waals surface area contributed by atoms with Gasteiger partial charge in [-0.05, 0) is 19.8 Å². The third kappa shape index (κ3) is 2.72. The highest BCUT2D eigenvalue weighted by molar-refractivity contribution is 5.80. The van der Waals surface area contributed by atoms with Gasteiger partial charge in [0.15, 0.2) is 0 Å².